The first-order chi connectivity index (χ1) is 12.1. The second-order valence-corrected chi connectivity index (χ2v) is 5.94. The molecular weight excluding hydrogens is 465 g/mol. The molecule has 5 nitrogen and oxygen atoms in total. The first kappa shape index (κ1) is 22.4. The summed E-state index contributed by atoms with van der Waals surface area (Å²) in [7, 11) is 1.53. The summed E-state index contributed by atoms with van der Waals surface area (Å²) < 4.78 is 5.05. The van der Waals surface area contributed by atoms with E-state index in [1.54, 1.807) is 12.1 Å². The maximum absolute atomic E-state index is 9.83. The highest BCUT2D eigenvalue weighted by atomic mass is 127. The van der Waals surface area contributed by atoms with E-state index >= 15 is 0 Å². The summed E-state index contributed by atoms with van der Waals surface area (Å²) in [4.78, 5) is 4.55. The molecule has 0 heterocycles. The zero-order valence-electron chi connectivity index (χ0n) is 15.0. The Labute approximate surface area is 176 Å². The minimum Gasteiger partial charge on any atom is -0.504 e. The highest BCUT2D eigenvalue weighted by Gasteiger charge is 2.03. The summed E-state index contributed by atoms with van der Waals surface area (Å²) in [6.45, 7) is 4.01. The van der Waals surface area contributed by atoms with Gasteiger partial charge in [0.25, 0.3) is 0 Å². The molecule has 2 rings (SSSR count). The molecule has 0 fully saturated rings. The third kappa shape index (κ3) is 7.29. The molecule has 26 heavy (non-hydrogen) atoms. The van der Waals surface area contributed by atoms with Crippen molar-refractivity contribution in [2.24, 2.45) is 4.99 Å². The van der Waals surface area contributed by atoms with Crippen molar-refractivity contribution in [3.05, 3.63) is 58.6 Å². The summed E-state index contributed by atoms with van der Waals surface area (Å²) in [5, 5.41) is 17.1. The third-order valence-corrected chi connectivity index (χ3v) is 3.84. The molecule has 2 aromatic rings. The molecule has 0 aromatic heterocycles. The largest absolute Gasteiger partial charge is 0.504 e. The number of methoxy groups -OCH3 is 1. The van der Waals surface area contributed by atoms with E-state index in [1.165, 1.54) is 12.7 Å². The number of phenolic OH excluding ortho intramolecular Hbond substituents is 1. The zero-order valence-corrected chi connectivity index (χ0v) is 18.0. The lowest BCUT2D eigenvalue weighted by molar-refractivity contribution is 0.373. The van der Waals surface area contributed by atoms with Crippen molar-refractivity contribution >= 4 is 41.5 Å². The molecule has 142 valence electrons. The maximum Gasteiger partial charge on any atom is 0.191 e. The predicted octanol–water partition coefficient (Wildman–Crippen LogP) is 3.97. The fourth-order valence-electron chi connectivity index (χ4n) is 2.36. The summed E-state index contributed by atoms with van der Waals surface area (Å²) in [5.41, 5.74) is 2.08. The fraction of sp³-hybridized carbons (Fsp3) is 0.316. The van der Waals surface area contributed by atoms with Crippen LogP contribution in [0.15, 0.2) is 47.5 Å². The number of phenols is 1. The van der Waals surface area contributed by atoms with E-state index in [9.17, 15) is 5.11 Å². The molecular formula is C19H25ClIN3O2. The number of ether oxygens (including phenoxy) is 1. The van der Waals surface area contributed by atoms with Crippen molar-refractivity contribution in [3.63, 3.8) is 0 Å². The van der Waals surface area contributed by atoms with E-state index in [0.29, 0.717) is 12.3 Å². The Morgan fingerprint density at radius 1 is 1.15 bits per heavy atom. The van der Waals surface area contributed by atoms with Crippen molar-refractivity contribution in [1.82, 2.24) is 10.6 Å². The van der Waals surface area contributed by atoms with Crippen LogP contribution in [0.3, 0.4) is 0 Å². The van der Waals surface area contributed by atoms with Gasteiger partial charge in [0.15, 0.2) is 17.5 Å². The van der Waals surface area contributed by atoms with Gasteiger partial charge in [0, 0.05) is 18.1 Å². The number of guanidine groups is 1. The summed E-state index contributed by atoms with van der Waals surface area (Å²) in [6.07, 6.45) is 0.855. The Morgan fingerprint density at radius 2 is 1.96 bits per heavy atom. The molecule has 0 saturated carbocycles. The Morgan fingerprint density at radius 3 is 2.62 bits per heavy atom. The number of aliphatic imine (C=N–C) groups is 1. The van der Waals surface area contributed by atoms with Crippen molar-refractivity contribution in [2.75, 3.05) is 20.2 Å². The van der Waals surface area contributed by atoms with Gasteiger partial charge in [-0.1, -0.05) is 29.8 Å². The second-order valence-electron chi connectivity index (χ2n) is 5.51. The molecule has 0 amide bonds. The van der Waals surface area contributed by atoms with E-state index in [4.69, 9.17) is 16.3 Å². The average Bonchev–Trinajstić information content (AvgIpc) is 2.60. The Bertz CT molecular complexity index is 726. The maximum atomic E-state index is 9.83. The number of aromatic hydroxyl groups is 1. The zero-order chi connectivity index (χ0) is 18.1. The standard InChI is InChI=1S/C19H24ClN3O2.HI/c1-3-21-19(22-10-9-14-5-4-6-16(20)11-14)23-13-15-7-8-18(25-2)17(24)12-15;/h4-8,11-12,24H,3,9-10,13H2,1-2H3,(H2,21,22,23);1H. The Balaban J connectivity index is 0.00000338. The van der Waals surface area contributed by atoms with Crippen LogP contribution in [-0.2, 0) is 13.0 Å². The molecule has 0 aliphatic heterocycles. The van der Waals surface area contributed by atoms with Gasteiger partial charge >= 0.3 is 0 Å². The van der Waals surface area contributed by atoms with Gasteiger partial charge in [-0.3, -0.25) is 0 Å². The van der Waals surface area contributed by atoms with Crippen LogP contribution in [0.25, 0.3) is 0 Å². The molecule has 0 spiro atoms. The summed E-state index contributed by atoms with van der Waals surface area (Å²) in [5.74, 6) is 1.31. The van der Waals surface area contributed by atoms with Crippen LogP contribution in [0, 0.1) is 0 Å². The number of hydrogen-bond donors (Lipinski definition) is 3. The SMILES string of the molecule is CCNC(=NCc1ccc(OC)c(O)c1)NCCc1cccc(Cl)c1.I. The average molecular weight is 490 g/mol. The molecule has 0 aliphatic carbocycles. The van der Waals surface area contributed by atoms with Gasteiger partial charge < -0.3 is 20.5 Å². The van der Waals surface area contributed by atoms with Gasteiger partial charge in [-0.25, -0.2) is 4.99 Å². The van der Waals surface area contributed by atoms with Gasteiger partial charge in [0.2, 0.25) is 0 Å². The van der Waals surface area contributed by atoms with Crippen LogP contribution in [-0.4, -0.2) is 31.3 Å². The number of halogens is 2. The minimum absolute atomic E-state index is 0. The monoisotopic (exact) mass is 489 g/mol. The van der Waals surface area contributed by atoms with E-state index < -0.39 is 0 Å². The van der Waals surface area contributed by atoms with Gasteiger partial charge in [-0.05, 0) is 48.7 Å². The van der Waals surface area contributed by atoms with Crippen LogP contribution in [0.4, 0.5) is 0 Å². The first-order valence-electron chi connectivity index (χ1n) is 8.25. The predicted molar refractivity (Wildman–Crippen MR) is 118 cm³/mol. The van der Waals surface area contributed by atoms with Crippen molar-refractivity contribution < 1.29 is 9.84 Å². The van der Waals surface area contributed by atoms with Gasteiger partial charge in [-0.2, -0.15) is 0 Å². The molecule has 0 bridgehead atoms. The Hall–Kier alpha value is -1.67. The van der Waals surface area contributed by atoms with Crippen molar-refractivity contribution in [3.8, 4) is 11.5 Å². The number of rotatable bonds is 7. The van der Waals surface area contributed by atoms with Crippen LogP contribution in [0.2, 0.25) is 5.02 Å². The van der Waals surface area contributed by atoms with Crippen molar-refractivity contribution in [2.45, 2.75) is 19.9 Å². The van der Waals surface area contributed by atoms with E-state index in [1.807, 2.05) is 31.2 Å². The number of nitrogens with zero attached hydrogens (tertiary/aromatic N) is 1. The molecule has 0 radical (unpaired) electrons. The lowest BCUT2D eigenvalue weighted by Gasteiger charge is -2.12. The van der Waals surface area contributed by atoms with E-state index in [-0.39, 0.29) is 29.7 Å². The normalized spacial score (nSPS) is 10.8. The quantitative estimate of drug-likeness (QED) is 0.313. The number of hydrogen-bond acceptors (Lipinski definition) is 3. The highest BCUT2D eigenvalue weighted by molar-refractivity contribution is 14.0. The summed E-state index contributed by atoms with van der Waals surface area (Å²) in [6, 6.07) is 13.1. The van der Waals surface area contributed by atoms with Crippen LogP contribution >= 0.6 is 35.6 Å². The topological polar surface area (TPSA) is 65.9 Å². The Kier molecular flexibility index (Phi) is 10.2. The third-order valence-electron chi connectivity index (χ3n) is 3.60. The number of nitrogens with one attached hydrogen (secondary N) is 2. The smallest absolute Gasteiger partial charge is 0.191 e. The molecule has 0 atom stereocenters. The lowest BCUT2D eigenvalue weighted by atomic mass is 10.1. The molecule has 0 aliphatic rings. The molecule has 3 N–H and O–H groups in total. The van der Waals surface area contributed by atoms with Crippen molar-refractivity contribution in [1.29, 1.82) is 0 Å². The molecule has 0 saturated heterocycles. The van der Waals surface area contributed by atoms with Gasteiger partial charge in [-0.15, -0.1) is 24.0 Å². The van der Waals surface area contributed by atoms with Crippen LogP contribution in [0.5, 0.6) is 11.5 Å². The second kappa shape index (κ2) is 11.9. The van der Waals surface area contributed by atoms with E-state index in [0.717, 1.165) is 36.1 Å². The van der Waals surface area contributed by atoms with Gasteiger partial charge in [0.1, 0.15) is 0 Å². The first-order valence-corrected chi connectivity index (χ1v) is 8.62. The van der Waals surface area contributed by atoms with Crippen LogP contribution < -0.4 is 15.4 Å². The van der Waals surface area contributed by atoms with E-state index in [2.05, 4.69) is 21.7 Å². The highest BCUT2D eigenvalue weighted by Crippen LogP contribution is 2.26. The van der Waals surface area contributed by atoms with Gasteiger partial charge in [0.05, 0.1) is 13.7 Å². The molecule has 7 heteroatoms. The lowest BCUT2D eigenvalue weighted by Crippen LogP contribution is -2.38. The fourth-order valence-corrected chi connectivity index (χ4v) is 2.58. The minimum atomic E-state index is 0. The molecule has 2 aromatic carbocycles. The number of benzene rings is 2. The van der Waals surface area contributed by atoms with Crippen LogP contribution in [0.1, 0.15) is 18.1 Å². The molecule has 0 unspecified atom stereocenters. The summed E-state index contributed by atoms with van der Waals surface area (Å²) >= 11 is 6.00.